The molecule has 1 aliphatic rings. The number of Topliss-reactive ketones (excluding diaryl/α,β-unsaturated/α-hetero) is 1. The van der Waals surface area contributed by atoms with Crippen LogP contribution in [0.3, 0.4) is 0 Å². The third-order valence-electron chi connectivity index (χ3n) is 7.83. The zero-order valence-corrected chi connectivity index (χ0v) is 24.8. The molecule has 1 saturated heterocycles. The second-order valence-corrected chi connectivity index (χ2v) is 13.3. The van der Waals surface area contributed by atoms with Crippen LogP contribution >= 0.6 is 0 Å². The zero-order chi connectivity index (χ0) is 29.5. The Kier molecular flexibility index (Phi) is 8.09. The molecule has 8 nitrogen and oxygen atoms in total. The number of carbonyl (C=O) groups excluding carboxylic acids is 1. The van der Waals surface area contributed by atoms with Crippen molar-refractivity contribution in [3.05, 3.63) is 77.1 Å². The van der Waals surface area contributed by atoms with E-state index in [-0.39, 0.29) is 28.7 Å². The monoisotopic (exact) mass is 577 g/mol. The van der Waals surface area contributed by atoms with Gasteiger partial charge in [0.2, 0.25) is 0 Å². The molecule has 3 heterocycles. The summed E-state index contributed by atoms with van der Waals surface area (Å²) in [4.78, 5) is 27.8. The predicted octanol–water partition coefficient (Wildman–Crippen LogP) is 4.25. The molecule has 0 bridgehead atoms. The fraction of sp³-hybridized carbons (Fsp3) is 0.387. The van der Waals surface area contributed by atoms with Gasteiger partial charge in [-0.3, -0.25) is 9.69 Å². The number of H-pyrrole nitrogens is 1. The third kappa shape index (κ3) is 6.10. The van der Waals surface area contributed by atoms with E-state index in [0.717, 1.165) is 46.9 Å². The smallest absolute Gasteiger partial charge is 0.178 e. The van der Waals surface area contributed by atoms with Crippen LogP contribution in [0.15, 0.2) is 53.7 Å². The minimum absolute atomic E-state index is 0.0473. The van der Waals surface area contributed by atoms with E-state index in [0.29, 0.717) is 30.0 Å². The van der Waals surface area contributed by atoms with Crippen molar-refractivity contribution >= 4 is 26.5 Å². The number of aryl methyl sites for hydroxylation is 1. The Labute approximate surface area is 240 Å². The highest BCUT2D eigenvalue weighted by molar-refractivity contribution is 7.90. The number of aromatic amines is 1. The Balaban J connectivity index is 1.42. The molecule has 5 rings (SSSR count). The highest BCUT2D eigenvalue weighted by Crippen LogP contribution is 2.32. The average Bonchev–Trinajstić information content (AvgIpc) is 3.34. The lowest BCUT2D eigenvalue weighted by atomic mass is 9.98. The topological polar surface area (TPSA) is 108 Å². The molecular formula is C31H36FN5O3S. The number of carbonyl (C=O) groups is 1. The molecule has 0 aliphatic carbocycles. The van der Waals surface area contributed by atoms with Crippen LogP contribution in [0.25, 0.3) is 22.2 Å². The number of rotatable bonds is 8. The minimum atomic E-state index is -3.70. The first-order valence-corrected chi connectivity index (χ1v) is 15.7. The fourth-order valence-electron chi connectivity index (χ4n) is 5.77. The number of nitrogens with zero attached hydrogens (tertiary/aromatic N) is 3. The summed E-state index contributed by atoms with van der Waals surface area (Å²) in [5, 5.41) is 4.45. The van der Waals surface area contributed by atoms with E-state index in [1.807, 2.05) is 38.2 Å². The number of hydrogen-bond donors (Lipinski definition) is 2. The van der Waals surface area contributed by atoms with Gasteiger partial charge in [0.1, 0.15) is 16.5 Å². The standard InChI is InChI=1S/C31H36FN5O3S/c1-18-14-33-28(13-22-8-7-11-27(29(22)32)41(5,39)40)36-30(18)25-15-34-31-23(9-6-10-24(25)31)12-26(38)21(4)37-16-19(2)35-20(3)17-37/h6-11,14-15,19-21,34-35H,12-13,16-17H2,1-5H3/t19-,20-,21+/m0/s1. The molecule has 216 valence electrons. The van der Waals surface area contributed by atoms with E-state index in [1.54, 1.807) is 12.3 Å². The molecule has 0 unspecified atom stereocenters. The van der Waals surface area contributed by atoms with Crippen molar-refractivity contribution in [3.8, 4) is 11.3 Å². The number of hydrogen-bond acceptors (Lipinski definition) is 7. The molecule has 2 aromatic carbocycles. The SMILES string of the molecule is Cc1cnc(Cc2cccc(S(C)(=O)=O)c2F)nc1-c1c[nH]c2c(CC(=O)[C@@H](C)N3C[C@H](C)N[C@@H](C)C3)cccc12. The highest BCUT2D eigenvalue weighted by atomic mass is 32.2. The molecule has 2 aromatic heterocycles. The molecule has 4 aromatic rings. The summed E-state index contributed by atoms with van der Waals surface area (Å²) in [7, 11) is -3.70. The second-order valence-electron chi connectivity index (χ2n) is 11.3. The van der Waals surface area contributed by atoms with E-state index < -0.39 is 15.7 Å². The molecule has 10 heteroatoms. The number of para-hydroxylation sites is 1. The van der Waals surface area contributed by atoms with Gasteiger partial charge in [-0.1, -0.05) is 30.3 Å². The van der Waals surface area contributed by atoms with Crippen molar-refractivity contribution in [2.75, 3.05) is 19.3 Å². The van der Waals surface area contributed by atoms with Gasteiger partial charge in [-0.25, -0.2) is 22.8 Å². The van der Waals surface area contributed by atoms with Gasteiger partial charge in [0.05, 0.1) is 11.7 Å². The predicted molar refractivity (Wildman–Crippen MR) is 158 cm³/mol. The Bertz CT molecular complexity index is 1710. The molecule has 0 radical (unpaired) electrons. The van der Waals surface area contributed by atoms with Crippen molar-refractivity contribution in [2.24, 2.45) is 0 Å². The van der Waals surface area contributed by atoms with Gasteiger partial charge in [0, 0.05) is 73.1 Å². The summed E-state index contributed by atoms with van der Waals surface area (Å²) in [6.45, 7) is 9.87. The molecule has 1 aliphatic heterocycles. The van der Waals surface area contributed by atoms with Gasteiger partial charge >= 0.3 is 0 Å². The largest absolute Gasteiger partial charge is 0.360 e. The first-order chi connectivity index (χ1) is 19.4. The third-order valence-corrected chi connectivity index (χ3v) is 8.95. The van der Waals surface area contributed by atoms with E-state index in [9.17, 15) is 13.2 Å². The van der Waals surface area contributed by atoms with E-state index >= 15 is 4.39 Å². The molecule has 2 N–H and O–H groups in total. The normalized spacial score (nSPS) is 19.0. The summed E-state index contributed by atoms with van der Waals surface area (Å²) in [6.07, 6.45) is 4.92. The first-order valence-electron chi connectivity index (χ1n) is 13.8. The fourth-order valence-corrected chi connectivity index (χ4v) is 6.55. The molecule has 41 heavy (non-hydrogen) atoms. The second kappa shape index (κ2) is 11.4. The maximum absolute atomic E-state index is 15.0. The Morgan fingerprint density at radius 3 is 2.51 bits per heavy atom. The molecule has 0 spiro atoms. The zero-order valence-electron chi connectivity index (χ0n) is 24.0. The number of nitrogens with one attached hydrogen (secondary N) is 2. The van der Waals surface area contributed by atoms with Crippen molar-refractivity contribution in [1.29, 1.82) is 0 Å². The van der Waals surface area contributed by atoms with Crippen LogP contribution in [-0.2, 0) is 27.5 Å². The van der Waals surface area contributed by atoms with Crippen molar-refractivity contribution < 1.29 is 17.6 Å². The van der Waals surface area contributed by atoms with Crippen LogP contribution in [0.1, 0.15) is 43.3 Å². The summed E-state index contributed by atoms with van der Waals surface area (Å²) in [5.74, 6) is -0.223. The molecular weight excluding hydrogens is 541 g/mol. The number of benzene rings is 2. The van der Waals surface area contributed by atoms with Crippen LogP contribution < -0.4 is 5.32 Å². The van der Waals surface area contributed by atoms with Gasteiger partial charge in [-0.05, 0) is 50.5 Å². The van der Waals surface area contributed by atoms with Crippen LogP contribution in [0, 0.1) is 12.7 Å². The van der Waals surface area contributed by atoms with Crippen molar-refractivity contribution in [1.82, 2.24) is 25.2 Å². The number of ketones is 1. The Morgan fingerprint density at radius 1 is 1.12 bits per heavy atom. The van der Waals surface area contributed by atoms with Gasteiger partial charge in [0.25, 0.3) is 0 Å². The Morgan fingerprint density at radius 2 is 1.80 bits per heavy atom. The number of fused-ring (bicyclic) bond motifs is 1. The van der Waals surface area contributed by atoms with Crippen LogP contribution in [0.5, 0.6) is 0 Å². The maximum atomic E-state index is 15.0. The Hall–Kier alpha value is -3.47. The summed E-state index contributed by atoms with van der Waals surface area (Å²) >= 11 is 0. The van der Waals surface area contributed by atoms with Gasteiger partial charge < -0.3 is 10.3 Å². The lowest BCUT2D eigenvalue weighted by Gasteiger charge is -2.39. The average molecular weight is 578 g/mol. The molecule has 3 atom stereocenters. The van der Waals surface area contributed by atoms with E-state index in [4.69, 9.17) is 4.98 Å². The first kappa shape index (κ1) is 29.0. The summed E-state index contributed by atoms with van der Waals surface area (Å²) in [6, 6.07) is 10.7. The number of sulfone groups is 1. The molecule has 0 saturated carbocycles. The van der Waals surface area contributed by atoms with E-state index in [1.165, 1.54) is 12.1 Å². The lowest BCUT2D eigenvalue weighted by molar-refractivity contribution is -0.123. The van der Waals surface area contributed by atoms with Gasteiger partial charge in [-0.15, -0.1) is 0 Å². The lowest BCUT2D eigenvalue weighted by Crippen LogP contribution is -2.58. The van der Waals surface area contributed by atoms with Crippen LogP contribution in [-0.4, -0.2) is 71.5 Å². The van der Waals surface area contributed by atoms with E-state index in [2.05, 4.69) is 34.0 Å². The maximum Gasteiger partial charge on any atom is 0.178 e. The summed E-state index contributed by atoms with van der Waals surface area (Å²) in [5.41, 5.74) is 4.42. The van der Waals surface area contributed by atoms with Crippen LogP contribution in [0.4, 0.5) is 4.39 Å². The number of halogens is 1. The molecule has 1 fully saturated rings. The van der Waals surface area contributed by atoms with Gasteiger partial charge in [-0.2, -0.15) is 0 Å². The molecule has 0 amide bonds. The van der Waals surface area contributed by atoms with Crippen molar-refractivity contribution in [2.45, 2.75) is 63.6 Å². The van der Waals surface area contributed by atoms with Crippen LogP contribution in [0.2, 0.25) is 0 Å². The minimum Gasteiger partial charge on any atom is -0.360 e. The number of aromatic nitrogens is 3. The summed E-state index contributed by atoms with van der Waals surface area (Å²) < 4.78 is 39.0. The number of piperazine rings is 1. The van der Waals surface area contributed by atoms with Gasteiger partial charge in [0.15, 0.2) is 15.6 Å². The van der Waals surface area contributed by atoms with Crippen molar-refractivity contribution in [3.63, 3.8) is 0 Å². The quantitative estimate of drug-likeness (QED) is 0.322. The highest BCUT2D eigenvalue weighted by Gasteiger charge is 2.28.